The molecular weight excluding hydrogens is 306 g/mol. The van der Waals surface area contributed by atoms with Gasteiger partial charge in [-0.2, -0.15) is 0 Å². The number of likely N-dealkylation sites (tertiary alicyclic amines) is 1. The van der Waals surface area contributed by atoms with Crippen molar-refractivity contribution in [3.8, 4) is 0 Å². The minimum atomic E-state index is -0.602. The van der Waals surface area contributed by atoms with Gasteiger partial charge in [0, 0.05) is 32.7 Å². The average Bonchev–Trinajstić information content (AvgIpc) is 2.82. The van der Waals surface area contributed by atoms with Crippen molar-refractivity contribution >= 4 is 11.8 Å². The molecule has 3 aliphatic heterocycles. The van der Waals surface area contributed by atoms with E-state index in [1.165, 1.54) is 4.90 Å². The molecule has 3 heterocycles. The average molecular weight is 337 g/mol. The van der Waals surface area contributed by atoms with E-state index in [4.69, 9.17) is 0 Å². The van der Waals surface area contributed by atoms with Crippen molar-refractivity contribution < 1.29 is 14.7 Å². The highest BCUT2D eigenvalue weighted by molar-refractivity contribution is 6.06. The van der Waals surface area contributed by atoms with Crippen LogP contribution in [0, 0.1) is 5.41 Å². The summed E-state index contributed by atoms with van der Waals surface area (Å²) in [5.74, 6) is -0.152. The van der Waals surface area contributed by atoms with E-state index in [2.05, 4.69) is 32.6 Å². The van der Waals surface area contributed by atoms with Crippen molar-refractivity contribution in [1.29, 1.82) is 0 Å². The van der Waals surface area contributed by atoms with Crippen LogP contribution < -0.4 is 0 Å². The number of β-amino-alcohol motifs (C(OH)–C–C–N with tert-alkyl or cyclic N) is 1. The van der Waals surface area contributed by atoms with Gasteiger partial charge in [0.2, 0.25) is 5.91 Å². The van der Waals surface area contributed by atoms with Gasteiger partial charge in [-0.15, -0.1) is 0 Å². The van der Waals surface area contributed by atoms with Gasteiger partial charge in [-0.3, -0.25) is 24.3 Å². The van der Waals surface area contributed by atoms with Crippen molar-refractivity contribution in [2.24, 2.45) is 5.41 Å². The lowest BCUT2D eigenvalue weighted by Gasteiger charge is -2.59. The number of rotatable bonds is 4. The van der Waals surface area contributed by atoms with E-state index in [1.54, 1.807) is 0 Å². The maximum Gasteiger partial charge on any atom is 0.252 e. The first kappa shape index (κ1) is 17.8. The highest BCUT2D eigenvalue weighted by Gasteiger charge is 2.64. The summed E-state index contributed by atoms with van der Waals surface area (Å²) in [6.45, 7) is 11.9. The summed E-state index contributed by atoms with van der Waals surface area (Å²) < 4.78 is 0. The zero-order chi connectivity index (χ0) is 17.7. The Hall–Kier alpha value is -0.980. The third-order valence-corrected chi connectivity index (χ3v) is 5.43. The molecule has 2 amide bonds. The van der Waals surface area contributed by atoms with Gasteiger partial charge >= 0.3 is 0 Å². The van der Waals surface area contributed by atoms with Gasteiger partial charge in [-0.1, -0.05) is 34.1 Å². The fraction of sp³-hybridized carbons (Fsp3) is 0.889. The maximum absolute atomic E-state index is 13.2. The number of hydrogen-bond acceptors (Lipinski definition) is 5. The van der Waals surface area contributed by atoms with Crippen LogP contribution in [0.2, 0.25) is 0 Å². The fourth-order valence-corrected chi connectivity index (χ4v) is 4.50. The van der Waals surface area contributed by atoms with Crippen LogP contribution >= 0.6 is 0 Å². The van der Waals surface area contributed by atoms with Gasteiger partial charge in [0.1, 0.15) is 5.54 Å². The van der Waals surface area contributed by atoms with Crippen LogP contribution in [0.3, 0.4) is 0 Å². The summed E-state index contributed by atoms with van der Waals surface area (Å²) in [5.41, 5.74) is -0.421. The molecule has 3 aliphatic rings. The molecule has 1 spiro atoms. The molecule has 0 radical (unpaired) electrons. The van der Waals surface area contributed by atoms with Gasteiger partial charge in [0.05, 0.1) is 12.1 Å². The number of amides is 2. The number of aliphatic hydroxyl groups excluding tert-OH is 1. The van der Waals surface area contributed by atoms with E-state index in [-0.39, 0.29) is 23.3 Å². The standard InChI is InChI=1S/C18H31N3O3/c1-5-6-7-20-15(23)14-8-13(22)9-21(14)18(16(20)24)11-19(12-18)10-17(2,3)4/h13-14,22H,5-12H2,1-4H3/t13-,14+/m1/s1. The Bertz CT molecular complexity index is 522. The van der Waals surface area contributed by atoms with Crippen LogP contribution in [0.25, 0.3) is 0 Å². The number of piperazine rings is 1. The van der Waals surface area contributed by atoms with E-state index >= 15 is 0 Å². The molecule has 0 aromatic heterocycles. The van der Waals surface area contributed by atoms with Gasteiger partial charge in [0.15, 0.2) is 0 Å². The summed E-state index contributed by atoms with van der Waals surface area (Å²) >= 11 is 0. The van der Waals surface area contributed by atoms with E-state index < -0.39 is 11.6 Å². The van der Waals surface area contributed by atoms with E-state index in [1.807, 2.05) is 4.90 Å². The Labute approximate surface area is 144 Å². The smallest absolute Gasteiger partial charge is 0.252 e. The predicted molar refractivity (Wildman–Crippen MR) is 91.4 cm³/mol. The van der Waals surface area contributed by atoms with Gasteiger partial charge in [-0.05, 0) is 18.3 Å². The van der Waals surface area contributed by atoms with Gasteiger partial charge in [0.25, 0.3) is 5.91 Å². The molecular formula is C18H31N3O3. The van der Waals surface area contributed by atoms with Crippen LogP contribution in [0.5, 0.6) is 0 Å². The number of carbonyl (C=O) groups excluding carboxylic acids is 2. The van der Waals surface area contributed by atoms with Crippen LogP contribution in [0.15, 0.2) is 0 Å². The quantitative estimate of drug-likeness (QED) is 0.765. The Morgan fingerprint density at radius 1 is 1.25 bits per heavy atom. The predicted octanol–water partition coefficient (Wildman–Crippen LogP) is 0.691. The minimum absolute atomic E-state index is 0.0449. The first-order chi connectivity index (χ1) is 11.2. The summed E-state index contributed by atoms with van der Waals surface area (Å²) in [4.78, 5) is 31.7. The Balaban J connectivity index is 1.81. The number of imide groups is 1. The first-order valence-electron chi connectivity index (χ1n) is 9.21. The maximum atomic E-state index is 13.2. The zero-order valence-corrected chi connectivity index (χ0v) is 15.4. The van der Waals surface area contributed by atoms with Crippen molar-refractivity contribution in [1.82, 2.24) is 14.7 Å². The van der Waals surface area contributed by atoms with Crippen molar-refractivity contribution in [3.63, 3.8) is 0 Å². The molecule has 6 nitrogen and oxygen atoms in total. The van der Waals surface area contributed by atoms with Gasteiger partial charge in [-0.25, -0.2) is 0 Å². The Morgan fingerprint density at radius 2 is 1.92 bits per heavy atom. The lowest BCUT2D eigenvalue weighted by molar-refractivity contribution is -0.181. The summed E-state index contributed by atoms with van der Waals surface area (Å²) in [7, 11) is 0. The molecule has 0 bridgehead atoms. The second kappa shape index (κ2) is 6.07. The summed E-state index contributed by atoms with van der Waals surface area (Å²) in [5, 5.41) is 10.1. The topological polar surface area (TPSA) is 64.1 Å². The summed E-state index contributed by atoms with van der Waals surface area (Å²) in [6.07, 6.45) is 1.74. The Morgan fingerprint density at radius 3 is 2.50 bits per heavy atom. The van der Waals surface area contributed by atoms with Crippen LogP contribution in [-0.4, -0.2) is 82.0 Å². The number of fused-ring (bicyclic) bond motifs is 2. The largest absolute Gasteiger partial charge is 0.392 e. The fourth-order valence-electron chi connectivity index (χ4n) is 4.50. The number of unbranched alkanes of at least 4 members (excludes halogenated alkanes) is 1. The first-order valence-corrected chi connectivity index (χ1v) is 9.21. The minimum Gasteiger partial charge on any atom is -0.392 e. The molecule has 2 atom stereocenters. The number of nitrogens with zero attached hydrogens (tertiary/aromatic N) is 3. The number of hydrogen-bond donors (Lipinski definition) is 1. The molecule has 1 N–H and O–H groups in total. The normalized spacial score (nSPS) is 30.8. The highest BCUT2D eigenvalue weighted by atomic mass is 16.3. The van der Waals surface area contributed by atoms with Crippen molar-refractivity contribution in [2.75, 3.05) is 32.7 Å². The molecule has 0 saturated carbocycles. The zero-order valence-electron chi connectivity index (χ0n) is 15.4. The van der Waals surface area contributed by atoms with E-state index in [0.717, 1.165) is 19.4 Å². The Kier molecular flexibility index (Phi) is 4.51. The lowest BCUT2D eigenvalue weighted by Crippen LogP contribution is -2.81. The summed E-state index contributed by atoms with van der Waals surface area (Å²) in [6, 6.07) is -0.327. The SMILES string of the molecule is CCCCN1C(=O)[C@@H]2C[C@@H](O)CN2C2(CN(CC(C)(C)C)C2)C1=O. The van der Waals surface area contributed by atoms with Crippen molar-refractivity contribution in [2.45, 2.75) is 64.6 Å². The monoisotopic (exact) mass is 337 g/mol. The highest BCUT2D eigenvalue weighted by Crippen LogP contribution is 2.41. The van der Waals surface area contributed by atoms with Crippen LogP contribution in [-0.2, 0) is 9.59 Å². The molecule has 136 valence electrons. The molecule has 6 heteroatoms. The molecule has 0 aliphatic carbocycles. The molecule has 3 fully saturated rings. The molecule has 0 aromatic rings. The molecule has 0 aromatic carbocycles. The van der Waals surface area contributed by atoms with Crippen LogP contribution in [0.4, 0.5) is 0 Å². The van der Waals surface area contributed by atoms with E-state index in [0.29, 0.717) is 32.6 Å². The molecule has 3 saturated heterocycles. The second-order valence-electron chi connectivity index (χ2n) is 8.94. The molecule has 24 heavy (non-hydrogen) atoms. The van der Waals surface area contributed by atoms with Gasteiger partial charge < -0.3 is 5.11 Å². The third-order valence-electron chi connectivity index (χ3n) is 5.43. The number of carbonyl (C=O) groups is 2. The van der Waals surface area contributed by atoms with Crippen LogP contribution in [0.1, 0.15) is 47.0 Å². The molecule has 3 rings (SSSR count). The third kappa shape index (κ3) is 2.89. The van der Waals surface area contributed by atoms with E-state index in [9.17, 15) is 14.7 Å². The number of aliphatic hydroxyl groups is 1. The second-order valence-corrected chi connectivity index (χ2v) is 8.94. The van der Waals surface area contributed by atoms with Crippen molar-refractivity contribution in [3.05, 3.63) is 0 Å². The molecule has 0 unspecified atom stereocenters. The lowest BCUT2D eigenvalue weighted by atomic mass is 9.80.